The van der Waals surface area contributed by atoms with Gasteiger partial charge in [0.05, 0.1) is 0 Å². The number of phenols is 1. The average molecular weight is 324 g/mol. The Labute approximate surface area is 143 Å². The third-order valence-electron chi connectivity index (χ3n) is 4.52. The summed E-state index contributed by atoms with van der Waals surface area (Å²) in [5.74, 6) is 0.527. The molecule has 2 aromatic carbocycles. The van der Waals surface area contributed by atoms with Gasteiger partial charge in [-0.15, -0.1) is 0 Å². The van der Waals surface area contributed by atoms with Gasteiger partial charge in [-0.25, -0.2) is 0 Å². The van der Waals surface area contributed by atoms with Gasteiger partial charge in [0.1, 0.15) is 5.75 Å². The van der Waals surface area contributed by atoms with E-state index in [0.29, 0.717) is 24.8 Å². The van der Waals surface area contributed by atoms with Gasteiger partial charge in [-0.1, -0.05) is 42.5 Å². The Bertz CT molecular complexity index is 672. The number of carbonyl (C=O) groups excluding carboxylic acids is 1. The molecule has 4 nitrogen and oxygen atoms in total. The molecule has 1 atom stereocenters. The van der Waals surface area contributed by atoms with Gasteiger partial charge in [0.2, 0.25) is 5.91 Å². The number of phenolic OH excluding ortho intramolecular Hbond substituents is 1. The molecule has 2 N–H and O–H groups in total. The van der Waals surface area contributed by atoms with Crippen molar-refractivity contribution in [3.05, 3.63) is 65.7 Å². The highest BCUT2D eigenvalue weighted by Crippen LogP contribution is 2.15. The molecule has 1 saturated heterocycles. The second kappa shape index (κ2) is 7.97. The van der Waals surface area contributed by atoms with E-state index in [2.05, 4.69) is 17.4 Å². The fourth-order valence-corrected chi connectivity index (χ4v) is 3.14. The standard InChI is InChI=1S/C20H24N2O2/c23-19-8-4-7-17(13-19)14-21-18-11-12-22(15-18)20(24)10-9-16-5-2-1-3-6-16/h1-8,13,18,21,23H,9-12,14-15H2/t18-/m0/s1. The van der Waals surface area contributed by atoms with Crippen LogP contribution in [0, 0.1) is 0 Å². The maximum atomic E-state index is 12.3. The van der Waals surface area contributed by atoms with E-state index in [-0.39, 0.29) is 5.91 Å². The van der Waals surface area contributed by atoms with E-state index in [1.165, 1.54) is 5.56 Å². The Hall–Kier alpha value is -2.33. The van der Waals surface area contributed by atoms with Crippen LogP contribution in [0.5, 0.6) is 5.75 Å². The molecule has 0 aliphatic carbocycles. The Kier molecular flexibility index (Phi) is 5.49. The van der Waals surface area contributed by atoms with E-state index in [9.17, 15) is 9.90 Å². The predicted octanol–water partition coefficient (Wildman–Crippen LogP) is 2.72. The summed E-state index contributed by atoms with van der Waals surface area (Å²) in [6, 6.07) is 17.8. The van der Waals surface area contributed by atoms with Gasteiger partial charge in [-0.3, -0.25) is 4.79 Å². The minimum absolute atomic E-state index is 0.237. The maximum absolute atomic E-state index is 12.3. The summed E-state index contributed by atoms with van der Waals surface area (Å²) < 4.78 is 0. The van der Waals surface area contributed by atoms with Crippen molar-refractivity contribution in [3.63, 3.8) is 0 Å². The fraction of sp³-hybridized carbons (Fsp3) is 0.350. The van der Waals surface area contributed by atoms with Crippen molar-refractivity contribution >= 4 is 5.91 Å². The molecule has 2 aromatic rings. The molecule has 0 aromatic heterocycles. The number of hydrogen-bond donors (Lipinski definition) is 2. The van der Waals surface area contributed by atoms with Crippen molar-refractivity contribution in [2.45, 2.75) is 31.8 Å². The van der Waals surface area contributed by atoms with Crippen LogP contribution in [0.3, 0.4) is 0 Å². The zero-order valence-corrected chi connectivity index (χ0v) is 13.8. The lowest BCUT2D eigenvalue weighted by Crippen LogP contribution is -2.35. The number of hydrogen-bond acceptors (Lipinski definition) is 3. The number of nitrogens with one attached hydrogen (secondary N) is 1. The van der Waals surface area contributed by atoms with Crippen molar-refractivity contribution in [3.8, 4) is 5.75 Å². The van der Waals surface area contributed by atoms with Crippen LogP contribution in [-0.2, 0) is 17.8 Å². The van der Waals surface area contributed by atoms with Crippen LogP contribution < -0.4 is 5.32 Å². The smallest absolute Gasteiger partial charge is 0.222 e. The van der Waals surface area contributed by atoms with E-state index in [0.717, 1.165) is 31.5 Å². The summed E-state index contributed by atoms with van der Waals surface area (Å²) in [5, 5.41) is 13.0. The fourth-order valence-electron chi connectivity index (χ4n) is 3.14. The summed E-state index contributed by atoms with van der Waals surface area (Å²) in [7, 11) is 0. The van der Waals surface area contributed by atoms with Crippen LogP contribution in [0.25, 0.3) is 0 Å². The first-order valence-electron chi connectivity index (χ1n) is 8.54. The monoisotopic (exact) mass is 324 g/mol. The van der Waals surface area contributed by atoms with Crippen molar-refractivity contribution in [1.82, 2.24) is 10.2 Å². The molecule has 1 amide bonds. The van der Waals surface area contributed by atoms with Crippen molar-refractivity contribution in [2.75, 3.05) is 13.1 Å². The number of rotatable bonds is 6. The number of aryl methyl sites for hydroxylation is 1. The van der Waals surface area contributed by atoms with Crippen molar-refractivity contribution < 1.29 is 9.90 Å². The first-order chi connectivity index (χ1) is 11.7. The molecule has 0 spiro atoms. The van der Waals surface area contributed by atoms with E-state index >= 15 is 0 Å². The minimum Gasteiger partial charge on any atom is -0.508 e. The van der Waals surface area contributed by atoms with Gasteiger partial charge in [-0.05, 0) is 36.1 Å². The highest BCUT2D eigenvalue weighted by atomic mass is 16.3. The van der Waals surface area contributed by atoms with E-state index < -0.39 is 0 Å². The molecule has 1 aliphatic heterocycles. The predicted molar refractivity (Wildman–Crippen MR) is 94.7 cm³/mol. The zero-order chi connectivity index (χ0) is 16.8. The van der Waals surface area contributed by atoms with Gasteiger partial charge < -0.3 is 15.3 Å². The SMILES string of the molecule is O=C(CCc1ccccc1)N1CC[C@H](NCc2cccc(O)c2)C1. The second-order valence-corrected chi connectivity index (χ2v) is 6.36. The molecule has 24 heavy (non-hydrogen) atoms. The van der Waals surface area contributed by atoms with Crippen LogP contribution in [0.2, 0.25) is 0 Å². The Morgan fingerprint density at radius 2 is 1.92 bits per heavy atom. The molecule has 0 saturated carbocycles. The number of amides is 1. The Morgan fingerprint density at radius 1 is 1.12 bits per heavy atom. The molecule has 0 radical (unpaired) electrons. The molecular formula is C20H24N2O2. The molecule has 0 unspecified atom stereocenters. The maximum Gasteiger partial charge on any atom is 0.222 e. The van der Waals surface area contributed by atoms with Crippen LogP contribution in [0.15, 0.2) is 54.6 Å². The van der Waals surface area contributed by atoms with E-state index in [1.807, 2.05) is 35.2 Å². The highest BCUT2D eigenvalue weighted by molar-refractivity contribution is 5.76. The van der Waals surface area contributed by atoms with Gasteiger partial charge >= 0.3 is 0 Å². The van der Waals surface area contributed by atoms with Crippen LogP contribution in [-0.4, -0.2) is 35.0 Å². The largest absolute Gasteiger partial charge is 0.508 e. The quantitative estimate of drug-likeness (QED) is 0.859. The lowest BCUT2D eigenvalue weighted by molar-refractivity contribution is -0.130. The van der Waals surface area contributed by atoms with Gasteiger partial charge in [-0.2, -0.15) is 0 Å². The van der Waals surface area contributed by atoms with Crippen molar-refractivity contribution in [2.24, 2.45) is 0 Å². The van der Waals surface area contributed by atoms with E-state index in [4.69, 9.17) is 0 Å². The number of nitrogens with zero attached hydrogens (tertiary/aromatic N) is 1. The summed E-state index contributed by atoms with van der Waals surface area (Å²) >= 11 is 0. The molecule has 0 bridgehead atoms. The topological polar surface area (TPSA) is 52.6 Å². The summed E-state index contributed by atoms with van der Waals surface area (Å²) in [5.41, 5.74) is 2.27. The number of benzene rings is 2. The van der Waals surface area contributed by atoms with E-state index in [1.54, 1.807) is 12.1 Å². The normalized spacial score (nSPS) is 17.2. The Balaban J connectivity index is 1.42. The molecule has 126 valence electrons. The highest BCUT2D eigenvalue weighted by Gasteiger charge is 2.25. The molecule has 1 aliphatic rings. The summed E-state index contributed by atoms with van der Waals surface area (Å²) in [4.78, 5) is 14.3. The molecule has 3 rings (SSSR count). The third kappa shape index (κ3) is 4.59. The lowest BCUT2D eigenvalue weighted by atomic mass is 10.1. The van der Waals surface area contributed by atoms with Gasteiger partial charge in [0.15, 0.2) is 0 Å². The van der Waals surface area contributed by atoms with Crippen LogP contribution in [0.4, 0.5) is 0 Å². The summed E-state index contributed by atoms with van der Waals surface area (Å²) in [6.07, 6.45) is 2.36. The van der Waals surface area contributed by atoms with Gasteiger partial charge in [0, 0.05) is 32.1 Å². The van der Waals surface area contributed by atoms with Crippen molar-refractivity contribution in [1.29, 1.82) is 0 Å². The second-order valence-electron chi connectivity index (χ2n) is 6.36. The van der Waals surface area contributed by atoms with Crippen LogP contribution >= 0.6 is 0 Å². The Morgan fingerprint density at radius 3 is 2.71 bits per heavy atom. The van der Waals surface area contributed by atoms with Gasteiger partial charge in [0.25, 0.3) is 0 Å². The molecule has 4 heteroatoms. The third-order valence-corrected chi connectivity index (χ3v) is 4.52. The first-order valence-corrected chi connectivity index (χ1v) is 8.54. The minimum atomic E-state index is 0.237. The van der Waals surface area contributed by atoms with Crippen LogP contribution in [0.1, 0.15) is 24.0 Å². The molecular weight excluding hydrogens is 300 g/mol. The first kappa shape index (κ1) is 16.5. The lowest BCUT2D eigenvalue weighted by Gasteiger charge is -2.17. The number of aromatic hydroxyl groups is 1. The number of carbonyl (C=O) groups is 1. The number of likely N-dealkylation sites (tertiary alicyclic amines) is 1. The summed E-state index contributed by atoms with van der Waals surface area (Å²) in [6.45, 7) is 2.31. The molecule has 1 heterocycles. The average Bonchev–Trinajstić information content (AvgIpc) is 3.08. The molecule has 1 fully saturated rings. The zero-order valence-electron chi connectivity index (χ0n) is 13.8.